The summed E-state index contributed by atoms with van der Waals surface area (Å²) in [6.07, 6.45) is -4.46. The van der Waals surface area contributed by atoms with Crippen molar-refractivity contribution in [1.29, 1.82) is 0 Å². The molecule has 0 radical (unpaired) electrons. The van der Waals surface area contributed by atoms with Crippen molar-refractivity contribution in [3.05, 3.63) is 35.6 Å². The maximum Gasteiger partial charge on any atom is 0.401 e. The Hall–Kier alpha value is -1.43. The van der Waals surface area contributed by atoms with E-state index in [-0.39, 0.29) is 24.6 Å². The van der Waals surface area contributed by atoms with Gasteiger partial charge in [-0.1, -0.05) is 12.1 Å². The van der Waals surface area contributed by atoms with Crippen molar-refractivity contribution >= 4 is 5.78 Å². The highest BCUT2D eigenvalue weighted by Gasteiger charge is 2.31. The van der Waals surface area contributed by atoms with Crippen LogP contribution in [0.4, 0.5) is 17.6 Å². The van der Waals surface area contributed by atoms with Crippen LogP contribution >= 0.6 is 0 Å². The topological polar surface area (TPSA) is 20.3 Å². The molecule has 20 heavy (non-hydrogen) atoms. The fourth-order valence-electron chi connectivity index (χ4n) is 1.82. The number of benzene rings is 1. The van der Waals surface area contributed by atoms with E-state index in [1.54, 1.807) is 13.8 Å². The molecule has 0 aromatic heterocycles. The largest absolute Gasteiger partial charge is 0.401 e. The van der Waals surface area contributed by atoms with Crippen LogP contribution in [0.1, 0.15) is 30.6 Å². The minimum Gasteiger partial charge on any atom is -0.294 e. The standard InChI is InChI=1S/C14H17F4NO/c1-10(2)19(9-14(16,17)18)8-7-13(20)11-5-3-4-6-12(11)15/h3-6,10H,7-9H2,1-2H3. The number of halogens is 4. The summed E-state index contributed by atoms with van der Waals surface area (Å²) >= 11 is 0. The zero-order valence-electron chi connectivity index (χ0n) is 11.4. The second-order valence-electron chi connectivity index (χ2n) is 4.83. The molecule has 0 amide bonds. The molecule has 0 aliphatic carbocycles. The van der Waals surface area contributed by atoms with Gasteiger partial charge in [0.1, 0.15) is 5.82 Å². The van der Waals surface area contributed by atoms with Crippen LogP contribution in [-0.2, 0) is 0 Å². The minimum atomic E-state index is -4.31. The second kappa shape index (κ2) is 6.83. The van der Waals surface area contributed by atoms with Crippen molar-refractivity contribution in [2.45, 2.75) is 32.5 Å². The maximum absolute atomic E-state index is 13.4. The Morgan fingerprint density at radius 1 is 1.25 bits per heavy atom. The molecule has 1 rings (SSSR count). The van der Waals surface area contributed by atoms with Gasteiger partial charge in [0.2, 0.25) is 0 Å². The van der Waals surface area contributed by atoms with E-state index in [9.17, 15) is 22.4 Å². The van der Waals surface area contributed by atoms with Crippen molar-refractivity contribution in [3.8, 4) is 0 Å². The van der Waals surface area contributed by atoms with Crippen molar-refractivity contribution in [1.82, 2.24) is 4.90 Å². The molecule has 6 heteroatoms. The Labute approximate surface area is 115 Å². The lowest BCUT2D eigenvalue weighted by atomic mass is 10.1. The first kappa shape index (κ1) is 16.6. The van der Waals surface area contributed by atoms with Gasteiger partial charge in [-0.05, 0) is 26.0 Å². The van der Waals surface area contributed by atoms with Crippen LogP contribution in [0.25, 0.3) is 0 Å². The third-order valence-electron chi connectivity index (χ3n) is 2.91. The monoisotopic (exact) mass is 291 g/mol. The number of nitrogens with zero attached hydrogens (tertiary/aromatic N) is 1. The van der Waals surface area contributed by atoms with Crippen LogP contribution in [0, 0.1) is 5.82 Å². The van der Waals surface area contributed by atoms with Gasteiger partial charge in [0.25, 0.3) is 0 Å². The summed E-state index contributed by atoms with van der Waals surface area (Å²) in [5.41, 5.74) is -0.0804. The van der Waals surface area contributed by atoms with Gasteiger partial charge in [0.15, 0.2) is 5.78 Å². The lowest BCUT2D eigenvalue weighted by Gasteiger charge is -2.27. The molecule has 1 aromatic rings. The number of rotatable bonds is 6. The number of Topliss-reactive ketones (excluding diaryl/α,β-unsaturated/α-hetero) is 1. The SMILES string of the molecule is CC(C)N(CCC(=O)c1ccccc1F)CC(F)(F)F. The molecule has 0 aliphatic rings. The summed E-state index contributed by atoms with van der Waals surface area (Å²) in [5.74, 6) is -1.14. The molecule has 0 saturated carbocycles. The van der Waals surface area contributed by atoms with Gasteiger partial charge in [-0.25, -0.2) is 4.39 Å². The van der Waals surface area contributed by atoms with E-state index in [0.717, 1.165) is 11.0 Å². The molecule has 0 unspecified atom stereocenters. The zero-order valence-corrected chi connectivity index (χ0v) is 11.4. The number of ketones is 1. The Morgan fingerprint density at radius 3 is 2.35 bits per heavy atom. The molecule has 0 fully saturated rings. The van der Waals surface area contributed by atoms with E-state index in [1.807, 2.05) is 0 Å². The average molecular weight is 291 g/mol. The molecule has 0 heterocycles. The van der Waals surface area contributed by atoms with Gasteiger partial charge < -0.3 is 0 Å². The number of carbonyl (C=O) groups is 1. The van der Waals surface area contributed by atoms with Crippen LogP contribution in [-0.4, -0.2) is 36.0 Å². The van der Waals surface area contributed by atoms with E-state index in [2.05, 4.69) is 0 Å². The van der Waals surface area contributed by atoms with Crippen molar-refractivity contribution < 1.29 is 22.4 Å². The minimum absolute atomic E-state index is 0.0512. The van der Waals surface area contributed by atoms with Crippen LogP contribution in [0.5, 0.6) is 0 Å². The summed E-state index contributed by atoms with van der Waals surface area (Å²) in [6.45, 7) is 2.12. The summed E-state index contributed by atoms with van der Waals surface area (Å²) in [5, 5.41) is 0. The molecule has 0 saturated heterocycles. The van der Waals surface area contributed by atoms with Crippen LogP contribution in [0.2, 0.25) is 0 Å². The molecular formula is C14H17F4NO. The van der Waals surface area contributed by atoms with Crippen molar-refractivity contribution in [3.63, 3.8) is 0 Å². The molecule has 0 N–H and O–H groups in total. The third-order valence-corrected chi connectivity index (χ3v) is 2.91. The fourth-order valence-corrected chi connectivity index (χ4v) is 1.82. The molecule has 0 spiro atoms. The van der Waals surface area contributed by atoms with Gasteiger partial charge >= 0.3 is 6.18 Å². The van der Waals surface area contributed by atoms with Crippen LogP contribution in [0.15, 0.2) is 24.3 Å². The normalized spacial score (nSPS) is 12.2. The van der Waals surface area contributed by atoms with E-state index in [0.29, 0.717) is 0 Å². The van der Waals surface area contributed by atoms with E-state index in [1.165, 1.54) is 18.2 Å². The predicted molar refractivity (Wildman–Crippen MR) is 68.1 cm³/mol. The highest BCUT2D eigenvalue weighted by atomic mass is 19.4. The number of carbonyl (C=O) groups excluding carboxylic acids is 1. The van der Waals surface area contributed by atoms with E-state index >= 15 is 0 Å². The van der Waals surface area contributed by atoms with Crippen molar-refractivity contribution in [2.75, 3.05) is 13.1 Å². The molecular weight excluding hydrogens is 274 g/mol. The Morgan fingerprint density at radius 2 is 1.85 bits per heavy atom. The second-order valence-corrected chi connectivity index (χ2v) is 4.83. The molecule has 2 nitrogen and oxygen atoms in total. The van der Waals surface area contributed by atoms with Gasteiger partial charge in [-0.2, -0.15) is 13.2 Å². The first-order valence-corrected chi connectivity index (χ1v) is 6.29. The van der Waals surface area contributed by atoms with Crippen molar-refractivity contribution in [2.24, 2.45) is 0 Å². The maximum atomic E-state index is 13.4. The van der Waals surface area contributed by atoms with Crippen LogP contribution in [0.3, 0.4) is 0 Å². The average Bonchev–Trinajstić information content (AvgIpc) is 2.33. The van der Waals surface area contributed by atoms with E-state index < -0.39 is 24.3 Å². The van der Waals surface area contributed by atoms with Gasteiger partial charge in [-0.3, -0.25) is 9.69 Å². The summed E-state index contributed by atoms with van der Waals surface area (Å²) < 4.78 is 50.6. The Balaban J connectivity index is 2.64. The summed E-state index contributed by atoms with van der Waals surface area (Å²) in [4.78, 5) is 13.0. The highest BCUT2D eigenvalue weighted by Crippen LogP contribution is 2.19. The molecule has 1 aromatic carbocycles. The number of hydrogen-bond acceptors (Lipinski definition) is 2. The Kier molecular flexibility index (Phi) is 5.68. The zero-order chi connectivity index (χ0) is 15.3. The predicted octanol–water partition coefficient (Wildman–Crippen LogP) is 3.67. The van der Waals surface area contributed by atoms with Gasteiger partial charge in [-0.15, -0.1) is 0 Å². The van der Waals surface area contributed by atoms with Crippen LogP contribution < -0.4 is 0 Å². The Bertz CT molecular complexity index is 457. The molecule has 112 valence electrons. The highest BCUT2D eigenvalue weighted by molar-refractivity contribution is 5.96. The number of alkyl halides is 3. The van der Waals surface area contributed by atoms with E-state index in [4.69, 9.17) is 0 Å². The first-order valence-electron chi connectivity index (χ1n) is 6.29. The lowest BCUT2D eigenvalue weighted by Crippen LogP contribution is -2.40. The smallest absolute Gasteiger partial charge is 0.294 e. The molecule has 0 bridgehead atoms. The van der Waals surface area contributed by atoms with Gasteiger partial charge in [0.05, 0.1) is 12.1 Å². The van der Waals surface area contributed by atoms with Gasteiger partial charge in [0, 0.05) is 19.0 Å². The lowest BCUT2D eigenvalue weighted by molar-refractivity contribution is -0.149. The third kappa shape index (κ3) is 5.28. The summed E-state index contributed by atoms with van der Waals surface area (Å²) in [7, 11) is 0. The fraction of sp³-hybridized carbons (Fsp3) is 0.500. The molecule has 0 aliphatic heterocycles. The number of hydrogen-bond donors (Lipinski definition) is 0. The quantitative estimate of drug-likeness (QED) is 0.589. The molecule has 0 atom stereocenters. The first-order chi connectivity index (χ1) is 9.20. The summed E-state index contributed by atoms with van der Waals surface area (Å²) in [6, 6.07) is 5.12.